The van der Waals surface area contributed by atoms with Gasteiger partial charge in [0.05, 0.1) is 0 Å². The van der Waals surface area contributed by atoms with Crippen molar-refractivity contribution in [2.45, 2.75) is 4.90 Å². The number of hydrogen-bond acceptors (Lipinski definition) is 2. The number of carboxylic acids is 1. The zero-order valence-electron chi connectivity index (χ0n) is 7.31. The fourth-order valence-electron chi connectivity index (χ4n) is 0.824. The molecule has 0 heterocycles. The van der Waals surface area contributed by atoms with Crippen molar-refractivity contribution in [2.75, 3.05) is 5.75 Å². The molecule has 0 spiro atoms. The topological polar surface area (TPSA) is 37.3 Å². The number of aliphatic carboxylic acids is 1. The summed E-state index contributed by atoms with van der Waals surface area (Å²) in [4.78, 5) is 11.0. The highest BCUT2D eigenvalue weighted by molar-refractivity contribution is 7.99. The molecule has 0 bridgehead atoms. The van der Waals surface area contributed by atoms with Crippen LogP contribution in [0.1, 0.15) is 0 Å². The van der Waals surface area contributed by atoms with Crippen LogP contribution < -0.4 is 0 Å². The second-order valence-electron chi connectivity index (χ2n) is 2.51. The molecule has 2 nitrogen and oxygen atoms in total. The van der Waals surface area contributed by atoms with E-state index in [9.17, 15) is 9.18 Å². The van der Waals surface area contributed by atoms with Gasteiger partial charge in [0.1, 0.15) is 5.82 Å². The molecule has 4 heteroatoms. The van der Waals surface area contributed by atoms with Gasteiger partial charge in [-0.2, -0.15) is 0 Å². The minimum atomic E-state index is -0.954. The molecule has 1 N–H and O–H groups in total. The predicted octanol–water partition coefficient (Wildman–Crippen LogP) is 2.56. The first kappa shape index (κ1) is 10.8. The van der Waals surface area contributed by atoms with Crippen molar-refractivity contribution < 1.29 is 14.3 Å². The van der Waals surface area contributed by atoms with Crippen LogP contribution in [0.25, 0.3) is 0 Å². The molecule has 0 atom stereocenters. The standard InChI is InChI=1S/C10H9FO2S/c11-8-3-5-9(6-4-8)14-7-1-2-10(12)13/h1-6H,7H2,(H,12,13)/b2-1+. The van der Waals surface area contributed by atoms with Gasteiger partial charge in [-0.15, -0.1) is 11.8 Å². The van der Waals surface area contributed by atoms with E-state index in [4.69, 9.17) is 5.11 Å². The largest absolute Gasteiger partial charge is 0.478 e. The molecule has 0 saturated heterocycles. The monoisotopic (exact) mass is 212 g/mol. The summed E-state index contributed by atoms with van der Waals surface area (Å²) in [6.07, 6.45) is 2.65. The summed E-state index contributed by atoms with van der Waals surface area (Å²) in [7, 11) is 0. The van der Waals surface area contributed by atoms with Gasteiger partial charge in [-0.1, -0.05) is 6.08 Å². The molecule has 1 aromatic rings. The molecule has 74 valence electrons. The molecule has 0 unspecified atom stereocenters. The second-order valence-corrected chi connectivity index (χ2v) is 3.60. The van der Waals surface area contributed by atoms with E-state index in [0.29, 0.717) is 5.75 Å². The van der Waals surface area contributed by atoms with Crippen LogP contribution >= 0.6 is 11.8 Å². The smallest absolute Gasteiger partial charge is 0.328 e. The third-order valence-corrected chi connectivity index (χ3v) is 2.38. The van der Waals surface area contributed by atoms with E-state index in [1.165, 1.54) is 23.9 Å². The van der Waals surface area contributed by atoms with Gasteiger partial charge >= 0.3 is 5.97 Å². The van der Waals surface area contributed by atoms with Gasteiger partial charge in [0.2, 0.25) is 0 Å². The minimum Gasteiger partial charge on any atom is -0.478 e. The van der Waals surface area contributed by atoms with Crippen LogP contribution in [0.2, 0.25) is 0 Å². The third-order valence-electron chi connectivity index (χ3n) is 1.42. The molecule has 1 aromatic carbocycles. The van der Waals surface area contributed by atoms with Crippen LogP contribution in [0.5, 0.6) is 0 Å². The highest BCUT2D eigenvalue weighted by Crippen LogP contribution is 2.17. The molecule has 0 fully saturated rings. The van der Waals surface area contributed by atoms with Crippen LogP contribution in [-0.2, 0) is 4.79 Å². The Labute approximate surface area is 85.4 Å². The van der Waals surface area contributed by atoms with E-state index in [1.807, 2.05) is 0 Å². The highest BCUT2D eigenvalue weighted by atomic mass is 32.2. The van der Waals surface area contributed by atoms with E-state index < -0.39 is 5.97 Å². The maximum absolute atomic E-state index is 12.5. The molecule has 0 saturated carbocycles. The maximum atomic E-state index is 12.5. The summed E-state index contributed by atoms with van der Waals surface area (Å²) in [6, 6.07) is 6.08. The fraction of sp³-hybridized carbons (Fsp3) is 0.100. The lowest BCUT2D eigenvalue weighted by molar-refractivity contribution is -0.131. The predicted molar refractivity (Wildman–Crippen MR) is 53.9 cm³/mol. The normalized spacial score (nSPS) is 10.6. The Bertz CT molecular complexity index is 332. The first-order chi connectivity index (χ1) is 6.68. The van der Waals surface area contributed by atoms with Crippen LogP contribution in [0.4, 0.5) is 4.39 Å². The zero-order chi connectivity index (χ0) is 10.4. The third kappa shape index (κ3) is 4.09. The van der Waals surface area contributed by atoms with E-state index in [1.54, 1.807) is 18.2 Å². The summed E-state index contributed by atoms with van der Waals surface area (Å²) in [5.41, 5.74) is 0. The van der Waals surface area contributed by atoms with Crippen LogP contribution in [-0.4, -0.2) is 16.8 Å². The Balaban J connectivity index is 2.39. The summed E-state index contributed by atoms with van der Waals surface area (Å²) in [5.74, 6) is -0.655. The van der Waals surface area contributed by atoms with Gasteiger partial charge in [0, 0.05) is 16.7 Å². The lowest BCUT2D eigenvalue weighted by Crippen LogP contribution is -1.86. The lowest BCUT2D eigenvalue weighted by Gasteiger charge is -1.96. The van der Waals surface area contributed by atoms with Crippen LogP contribution in [0.15, 0.2) is 41.3 Å². The number of carboxylic acid groups (broad SMARTS) is 1. The summed E-state index contributed by atoms with van der Waals surface area (Å²) >= 11 is 1.45. The Kier molecular flexibility index (Phi) is 4.19. The van der Waals surface area contributed by atoms with Gasteiger partial charge in [-0.05, 0) is 24.3 Å². The maximum Gasteiger partial charge on any atom is 0.328 e. The van der Waals surface area contributed by atoms with Gasteiger partial charge < -0.3 is 5.11 Å². The van der Waals surface area contributed by atoms with Gasteiger partial charge in [0.25, 0.3) is 0 Å². The molecule has 14 heavy (non-hydrogen) atoms. The second kappa shape index (κ2) is 5.44. The SMILES string of the molecule is O=C(O)/C=C/CSc1ccc(F)cc1. The number of halogens is 1. The summed E-state index contributed by atoms with van der Waals surface area (Å²) in [6.45, 7) is 0. The molecular weight excluding hydrogens is 203 g/mol. The van der Waals surface area contributed by atoms with E-state index >= 15 is 0 Å². The van der Waals surface area contributed by atoms with Crippen LogP contribution in [0.3, 0.4) is 0 Å². The van der Waals surface area contributed by atoms with Gasteiger partial charge in [0.15, 0.2) is 0 Å². The quantitative estimate of drug-likeness (QED) is 0.615. The number of rotatable bonds is 4. The molecule has 0 aliphatic rings. The molecule has 0 radical (unpaired) electrons. The fourth-order valence-corrected chi connectivity index (χ4v) is 1.54. The molecular formula is C10H9FO2S. The van der Waals surface area contributed by atoms with Crippen molar-refractivity contribution in [3.63, 3.8) is 0 Å². The van der Waals surface area contributed by atoms with Crippen LogP contribution in [0, 0.1) is 5.82 Å². The Hall–Kier alpha value is -1.29. The van der Waals surface area contributed by atoms with Crippen molar-refractivity contribution in [2.24, 2.45) is 0 Å². The van der Waals surface area contributed by atoms with Gasteiger partial charge in [-0.3, -0.25) is 0 Å². The Morgan fingerprint density at radius 1 is 1.43 bits per heavy atom. The molecule has 0 aromatic heterocycles. The van der Waals surface area contributed by atoms with Crippen molar-refractivity contribution in [1.82, 2.24) is 0 Å². The van der Waals surface area contributed by atoms with E-state index in [-0.39, 0.29) is 5.82 Å². The first-order valence-corrected chi connectivity index (χ1v) is 4.95. The van der Waals surface area contributed by atoms with Crippen molar-refractivity contribution in [3.05, 3.63) is 42.2 Å². The average Bonchev–Trinajstić information content (AvgIpc) is 2.15. The zero-order valence-corrected chi connectivity index (χ0v) is 8.13. The summed E-state index contributed by atoms with van der Waals surface area (Å²) < 4.78 is 12.5. The molecule has 0 aliphatic carbocycles. The number of hydrogen-bond donors (Lipinski definition) is 1. The van der Waals surface area contributed by atoms with E-state index in [0.717, 1.165) is 11.0 Å². The van der Waals surface area contributed by atoms with Gasteiger partial charge in [-0.25, -0.2) is 9.18 Å². The van der Waals surface area contributed by atoms with Crippen molar-refractivity contribution >= 4 is 17.7 Å². The Morgan fingerprint density at radius 2 is 2.07 bits per heavy atom. The number of carbonyl (C=O) groups is 1. The van der Waals surface area contributed by atoms with Crippen molar-refractivity contribution in [3.8, 4) is 0 Å². The minimum absolute atomic E-state index is 0.268. The Morgan fingerprint density at radius 3 is 2.64 bits per heavy atom. The number of thioether (sulfide) groups is 1. The highest BCUT2D eigenvalue weighted by Gasteiger charge is 1.93. The van der Waals surface area contributed by atoms with Crippen molar-refractivity contribution in [1.29, 1.82) is 0 Å². The molecule has 0 amide bonds. The molecule has 0 aliphatic heterocycles. The van der Waals surface area contributed by atoms with E-state index in [2.05, 4.69) is 0 Å². The lowest BCUT2D eigenvalue weighted by atomic mass is 10.4. The molecule has 1 rings (SSSR count). The first-order valence-electron chi connectivity index (χ1n) is 3.96. The average molecular weight is 212 g/mol. The number of benzene rings is 1. The summed E-state index contributed by atoms with van der Waals surface area (Å²) in [5, 5.41) is 8.30.